The van der Waals surface area contributed by atoms with Crippen molar-refractivity contribution in [1.29, 1.82) is 0 Å². The molecule has 0 saturated carbocycles. The second kappa shape index (κ2) is 10.2. The van der Waals surface area contributed by atoms with Crippen LogP contribution in [0.3, 0.4) is 0 Å². The maximum Gasteiger partial charge on any atom is 0.416 e. The number of halogens is 4. The first-order valence-corrected chi connectivity index (χ1v) is 11.0. The lowest BCUT2D eigenvalue weighted by atomic mass is 10.2. The van der Waals surface area contributed by atoms with Gasteiger partial charge in [-0.3, -0.25) is 9.59 Å². The lowest BCUT2D eigenvalue weighted by Gasteiger charge is -2.08. The second-order valence-corrected chi connectivity index (χ2v) is 8.77. The predicted octanol–water partition coefficient (Wildman–Crippen LogP) is 5.73. The SMILES string of the molecule is O=C(CSc1nc(CC(=O)Nc2ccc(C(F)(F)F)cc2)cs1)Nc1ccc(Cl)cc1. The van der Waals surface area contributed by atoms with Crippen LogP contribution in [0.2, 0.25) is 5.02 Å². The molecule has 0 aliphatic carbocycles. The number of nitrogens with zero attached hydrogens (tertiary/aromatic N) is 1. The van der Waals surface area contributed by atoms with Gasteiger partial charge in [0.1, 0.15) is 0 Å². The van der Waals surface area contributed by atoms with Gasteiger partial charge in [-0.15, -0.1) is 11.3 Å². The fourth-order valence-electron chi connectivity index (χ4n) is 2.41. The number of hydrogen-bond donors (Lipinski definition) is 2. The molecular weight excluding hydrogens is 471 g/mol. The van der Waals surface area contributed by atoms with E-state index in [4.69, 9.17) is 11.6 Å². The number of anilines is 2. The Morgan fingerprint density at radius 1 is 0.968 bits per heavy atom. The Balaban J connectivity index is 1.46. The number of thioether (sulfide) groups is 1. The standard InChI is InChI=1S/C20H15ClF3N3O2S2/c21-13-3-7-15(8-4-13)26-18(29)11-31-19-27-16(10-30-19)9-17(28)25-14-5-1-12(2-6-14)20(22,23)24/h1-8,10H,9,11H2,(H,25,28)(H,26,29). The van der Waals surface area contributed by atoms with Crippen molar-refractivity contribution >= 4 is 57.9 Å². The lowest BCUT2D eigenvalue weighted by Crippen LogP contribution is -2.15. The molecule has 0 fully saturated rings. The van der Waals surface area contributed by atoms with Gasteiger partial charge in [0.25, 0.3) is 0 Å². The summed E-state index contributed by atoms with van der Waals surface area (Å²) in [5.41, 5.74) is 0.623. The lowest BCUT2D eigenvalue weighted by molar-refractivity contribution is -0.137. The van der Waals surface area contributed by atoms with Crippen LogP contribution >= 0.6 is 34.7 Å². The highest BCUT2D eigenvalue weighted by molar-refractivity contribution is 8.01. The van der Waals surface area contributed by atoms with Gasteiger partial charge in [0.15, 0.2) is 4.34 Å². The molecule has 0 aliphatic rings. The van der Waals surface area contributed by atoms with E-state index in [0.717, 1.165) is 12.1 Å². The van der Waals surface area contributed by atoms with Gasteiger partial charge in [-0.1, -0.05) is 23.4 Å². The molecule has 2 N–H and O–H groups in total. The van der Waals surface area contributed by atoms with E-state index in [2.05, 4.69) is 15.6 Å². The molecular formula is C20H15ClF3N3O2S2. The molecule has 0 unspecified atom stereocenters. The highest BCUT2D eigenvalue weighted by atomic mass is 35.5. The number of benzene rings is 2. The van der Waals surface area contributed by atoms with Crippen molar-refractivity contribution in [3.63, 3.8) is 0 Å². The molecule has 5 nitrogen and oxygen atoms in total. The minimum absolute atomic E-state index is 0.0327. The first kappa shape index (κ1) is 23.1. The molecule has 0 radical (unpaired) electrons. The Bertz CT molecular complexity index is 1050. The van der Waals surface area contributed by atoms with Gasteiger partial charge in [-0.2, -0.15) is 13.2 Å². The van der Waals surface area contributed by atoms with Crippen LogP contribution in [0.4, 0.5) is 24.5 Å². The molecule has 2 amide bonds. The number of carbonyl (C=O) groups excluding carboxylic acids is 2. The fourth-order valence-corrected chi connectivity index (χ4v) is 4.18. The Kier molecular flexibility index (Phi) is 7.58. The van der Waals surface area contributed by atoms with E-state index in [0.29, 0.717) is 20.7 Å². The van der Waals surface area contributed by atoms with Gasteiger partial charge in [0, 0.05) is 21.8 Å². The summed E-state index contributed by atoms with van der Waals surface area (Å²) in [6.45, 7) is 0. The van der Waals surface area contributed by atoms with E-state index in [-0.39, 0.29) is 23.8 Å². The summed E-state index contributed by atoms with van der Waals surface area (Å²) in [7, 11) is 0. The molecule has 3 rings (SSSR count). The number of nitrogens with one attached hydrogen (secondary N) is 2. The van der Waals surface area contributed by atoms with Crippen LogP contribution in [0.25, 0.3) is 0 Å². The fraction of sp³-hybridized carbons (Fsp3) is 0.150. The van der Waals surface area contributed by atoms with E-state index < -0.39 is 17.6 Å². The molecule has 31 heavy (non-hydrogen) atoms. The van der Waals surface area contributed by atoms with Gasteiger partial charge < -0.3 is 10.6 Å². The summed E-state index contributed by atoms with van der Waals surface area (Å²) in [6, 6.07) is 10.9. The first-order chi connectivity index (χ1) is 14.7. The minimum Gasteiger partial charge on any atom is -0.326 e. The number of alkyl halides is 3. The average molecular weight is 486 g/mol. The largest absolute Gasteiger partial charge is 0.416 e. The highest BCUT2D eigenvalue weighted by Crippen LogP contribution is 2.30. The van der Waals surface area contributed by atoms with Gasteiger partial charge in [-0.25, -0.2) is 4.98 Å². The predicted molar refractivity (Wildman–Crippen MR) is 117 cm³/mol. The Labute approximate surface area is 189 Å². The molecule has 0 bridgehead atoms. The zero-order valence-corrected chi connectivity index (χ0v) is 18.1. The van der Waals surface area contributed by atoms with E-state index >= 15 is 0 Å². The van der Waals surface area contributed by atoms with E-state index in [1.807, 2.05) is 0 Å². The van der Waals surface area contributed by atoms with Crippen LogP contribution in [0.15, 0.2) is 58.3 Å². The molecule has 162 valence electrons. The van der Waals surface area contributed by atoms with Gasteiger partial charge in [-0.05, 0) is 48.5 Å². The molecule has 3 aromatic rings. The van der Waals surface area contributed by atoms with Crippen molar-refractivity contribution in [1.82, 2.24) is 4.98 Å². The van der Waals surface area contributed by atoms with E-state index in [1.54, 1.807) is 29.6 Å². The Morgan fingerprint density at radius 3 is 2.16 bits per heavy atom. The van der Waals surface area contributed by atoms with Gasteiger partial charge in [0.2, 0.25) is 11.8 Å². The Morgan fingerprint density at radius 2 is 1.55 bits per heavy atom. The number of carbonyl (C=O) groups is 2. The van der Waals surface area contributed by atoms with E-state index in [9.17, 15) is 22.8 Å². The number of aromatic nitrogens is 1. The average Bonchev–Trinajstić information content (AvgIpc) is 3.15. The third kappa shape index (κ3) is 7.27. The normalized spacial score (nSPS) is 11.2. The van der Waals surface area contributed by atoms with Crippen LogP contribution < -0.4 is 10.6 Å². The van der Waals surface area contributed by atoms with Crippen molar-refractivity contribution in [2.24, 2.45) is 0 Å². The summed E-state index contributed by atoms with van der Waals surface area (Å²) in [5, 5.41) is 7.55. The monoisotopic (exact) mass is 485 g/mol. The number of amides is 2. The third-order valence-corrected chi connectivity index (χ3v) is 6.14. The number of rotatable bonds is 7. The van der Waals surface area contributed by atoms with Crippen molar-refractivity contribution in [2.45, 2.75) is 16.9 Å². The topological polar surface area (TPSA) is 71.1 Å². The van der Waals surface area contributed by atoms with Crippen molar-refractivity contribution < 1.29 is 22.8 Å². The van der Waals surface area contributed by atoms with Gasteiger partial charge >= 0.3 is 6.18 Å². The molecule has 0 saturated heterocycles. The molecule has 0 aliphatic heterocycles. The minimum atomic E-state index is -4.43. The molecule has 1 aromatic heterocycles. The summed E-state index contributed by atoms with van der Waals surface area (Å²) < 4.78 is 38.4. The van der Waals surface area contributed by atoms with Crippen molar-refractivity contribution in [3.05, 3.63) is 70.2 Å². The Hall–Kier alpha value is -2.56. The van der Waals surface area contributed by atoms with Gasteiger partial charge in [0.05, 0.1) is 23.4 Å². The first-order valence-electron chi connectivity index (χ1n) is 8.79. The summed E-state index contributed by atoms with van der Waals surface area (Å²) in [6.07, 6.45) is -4.46. The van der Waals surface area contributed by atoms with Crippen molar-refractivity contribution in [3.8, 4) is 0 Å². The van der Waals surface area contributed by atoms with Crippen LogP contribution in [0, 0.1) is 0 Å². The molecule has 1 heterocycles. The summed E-state index contributed by atoms with van der Waals surface area (Å²) in [5.74, 6) is -0.459. The highest BCUT2D eigenvalue weighted by Gasteiger charge is 2.30. The van der Waals surface area contributed by atoms with E-state index in [1.165, 1.54) is 35.2 Å². The van der Waals surface area contributed by atoms with Crippen LogP contribution in [-0.4, -0.2) is 22.6 Å². The molecule has 0 spiro atoms. The summed E-state index contributed by atoms with van der Waals surface area (Å²) in [4.78, 5) is 28.4. The van der Waals surface area contributed by atoms with Crippen molar-refractivity contribution in [2.75, 3.05) is 16.4 Å². The van der Waals surface area contributed by atoms with Crippen LogP contribution in [0.5, 0.6) is 0 Å². The number of thiazole rings is 1. The zero-order chi connectivity index (χ0) is 22.4. The molecule has 11 heteroatoms. The maximum atomic E-state index is 12.6. The maximum absolute atomic E-state index is 12.6. The summed E-state index contributed by atoms with van der Waals surface area (Å²) >= 11 is 8.34. The number of hydrogen-bond acceptors (Lipinski definition) is 5. The molecule has 0 atom stereocenters. The molecule has 2 aromatic carbocycles. The van der Waals surface area contributed by atoms with Crippen LogP contribution in [-0.2, 0) is 22.2 Å². The zero-order valence-electron chi connectivity index (χ0n) is 15.7. The smallest absolute Gasteiger partial charge is 0.326 e. The van der Waals surface area contributed by atoms with Crippen LogP contribution in [0.1, 0.15) is 11.3 Å². The third-order valence-electron chi connectivity index (χ3n) is 3.82. The quantitative estimate of drug-likeness (QED) is 0.419. The second-order valence-electron chi connectivity index (χ2n) is 6.25.